The molecular weight excluding hydrogens is 176 g/mol. The fourth-order valence-corrected chi connectivity index (χ4v) is 1.51. The third-order valence-corrected chi connectivity index (χ3v) is 5.01. The molecule has 0 aliphatic rings. The molecule has 0 rings (SSSR count). The van der Waals surface area contributed by atoms with Gasteiger partial charge in [-0.25, -0.2) is 0 Å². The van der Waals surface area contributed by atoms with E-state index in [0.717, 1.165) is 0 Å². The molecule has 0 saturated heterocycles. The quantitative estimate of drug-likeness (QED) is 0.547. The number of terminal acetylenes is 1. The van der Waals surface area contributed by atoms with Crippen molar-refractivity contribution in [2.75, 3.05) is 0 Å². The molecule has 0 radical (unpaired) electrons. The zero-order chi connectivity index (χ0) is 10.5. The Morgan fingerprint density at radius 2 is 2.00 bits per heavy atom. The Hall–Kier alpha value is -0.773. The molecule has 0 aliphatic heterocycles. The molecule has 0 aromatic heterocycles. The number of nitrogens with zero attached hydrogens (tertiary/aromatic N) is 1. The summed E-state index contributed by atoms with van der Waals surface area (Å²) in [5.41, 5.74) is 0.446. The maximum Gasteiger partial charge on any atom is 0.0818 e. The Kier molecular flexibility index (Phi) is 4.76. The van der Waals surface area contributed by atoms with Crippen LogP contribution in [0, 0.1) is 23.7 Å². The molecule has 2 atom stereocenters. The van der Waals surface area contributed by atoms with Crippen molar-refractivity contribution < 1.29 is 0 Å². The van der Waals surface area contributed by atoms with E-state index in [9.17, 15) is 0 Å². The predicted octanol–water partition coefficient (Wildman–Crippen LogP) is 1.76. The lowest BCUT2D eigenvalue weighted by Crippen LogP contribution is -2.50. The van der Waals surface area contributed by atoms with Crippen LogP contribution >= 0.6 is 0 Å². The summed E-state index contributed by atoms with van der Waals surface area (Å²) in [5, 5.41) is 11.8. The molecule has 2 nitrogen and oxygen atoms in total. The number of nitrogens with one attached hydrogen (secondary N) is 1. The molecule has 0 aromatic carbocycles. The van der Waals surface area contributed by atoms with Gasteiger partial charge in [0.2, 0.25) is 0 Å². The minimum atomic E-state index is -1.18. The van der Waals surface area contributed by atoms with Gasteiger partial charge in [0.1, 0.15) is 0 Å². The van der Waals surface area contributed by atoms with E-state index < -0.39 is 8.07 Å². The lowest BCUT2D eigenvalue weighted by molar-refractivity contribution is 0.593. The van der Waals surface area contributed by atoms with Crippen molar-refractivity contribution in [1.82, 2.24) is 5.32 Å². The first-order chi connectivity index (χ1) is 5.91. The van der Waals surface area contributed by atoms with Crippen molar-refractivity contribution in [1.29, 1.82) is 5.26 Å². The fraction of sp³-hybridized carbons (Fsp3) is 0.700. The highest BCUT2D eigenvalue weighted by atomic mass is 28.3. The van der Waals surface area contributed by atoms with E-state index in [1.165, 1.54) is 0 Å². The first-order valence-electron chi connectivity index (χ1n) is 4.51. The van der Waals surface area contributed by atoms with Crippen molar-refractivity contribution in [3.05, 3.63) is 0 Å². The summed E-state index contributed by atoms with van der Waals surface area (Å²) in [6, 6.07) is 1.99. The minimum absolute atomic E-state index is 0.0910. The Balaban J connectivity index is 4.13. The average molecular weight is 194 g/mol. The predicted molar refractivity (Wildman–Crippen MR) is 58.8 cm³/mol. The molecule has 2 unspecified atom stereocenters. The number of hydrogen-bond acceptors (Lipinski definition) is 2. The van der Waals surface area contributed by atoms with Crippen molar-refractivity contribution in [3.8, 4) is 18.4 Å². The molecule has 0 saturated carbocycles. The Bertz CT molecular complexity index is 229. The summed E-state index contributed by atoms with van der Waals surface area (Å²) in [6.07, 6.45) is 5.70. The van der Waals surface area contributed by atoms with Crippen LogP contribution in [0.4, 0.5) is 0 Å². The number of hydrogen-bond donors (Lipinski definition) is 1. The summed E-state index contributed by atoms with van der Waals surface area (Å²) < 4.78 is 0. The first-order valence-corrected chi connectivity index (χ1v) is 8.08. The maximum absolute atomic E-state index is 8.51. The zero-order valence-electron chi connectivity index (χ0n) is 8.89. The van der Waals surface area contributed by atoms with Gasteiger partial charge in [-0.1, -0.05) is 32.5 Å². The second-order valence-corrected chi connectivity index (χ2v) is 9.93. The van der Waals surface area contributed by atoms with Gasteiger partial charge in [0.05, 0.1) is 26.6 Å². The molecule has 0 amide bonds. The van der Waals surface area contributed by atoms with E-state index in [0.29, 0.717) is 12.1 Å². The van der Waals surface area contributed by atoms with Crippen molar-refractivity contribution in [2.24, 2.45) is 0 Å². The molecular formula is C10H18N2Si. The molecule has 13 heavy (non-hydrogen) atoms. The lowest BCUT2D eigenvalue weighted by Gasteiger charge is -2.28. The maximum atomic E-state index is 8.51. The highest BCUT2D eigenvalue weighted by Crippen LogP contribution is 2.08. The molecule has 0 aromatic rings. The van der Waals surface area contributed by atoms with E-state index in [2.05, 4.69) is 43.9 Å². The van der Waals surface area contributed by atoms with Crippen LogP contribution in [0.3, 0.4) is 0 Å². The summed E-state index contributed by atoms with van der Waals surface area (Å²) >= 11 is 0. The minimum Gasteiger partial charge on any atom is -0.303 e. The van der Waals surface area contributed by atoms with Gasteiger partial charge >= 0.3 is 0 Å². The van der Waals surface area contributed by atoms with Crippen LogP contribution in [0.1, 0.15) is 13.3 Å². The highest BCUT2D eigenvalue weighted by Gasteiger charge is 2.23. The molecule has 0 spiro atoms. The number of rotatable bonds is 4. The van der Waals surface area contributed by atoms with Gasteiger partial charge in [0.15, 0.2) is 0 Å². The van der Waals surface area contributed by atoms with Crippen LogP contribution in [0.2, 0.25) is 19.6 Å². The average Bonchev–Trinajstić information content (AvgIpc) is 2.01. The Labute approximate surface area is 82.3 Å². The van der Waals surface area contributed by atoms with Crippen molar-refractivity contribution >= 4 is 8.07 Å². The monoisotopic (exact) mass is 194 g/mol. The van der Waals surface area contributed by atoms with Crippen LogP contribution < -0.4 is 5.32 Å². The van der Waals surface area contributed by atoms with Gasteiger partial charge < -0.3 is 5.32 Å². The van der Waals surface area contributed by atoms with Gasteiger partial charge in [-0.15, -0.1) is 6.42 Å². The standard InChI is InChI=1S/C10H18N2Si/c1-6-10(7-8-11)12-9(2)13(3,4)5/h1,9-10,12H,7H2,2-5H3. The lowest BCUT2D eigenvalue weighted by atomic mass is 10.2. The topological polar surface area (TPSA) is 35.8 Å². The van der Waals surface area contributed by atoms with E-state index in [-0.39, 0.29) is 6.04 Å². The summed E-state index contributed by atoms with van der Waals surface area (Å²) in [7, 11) is -1.18. The smallest absolute Gasteiger partial charge is 0.0818 e. The highest BCUT2D eigenvalue weighted by molar-refractivity contribution is 6.77. The van der Waals surface area contributed by atoms with Crippen LogP contribution in [0.15, 0.2) is 0 Å². The second-order valence-electron chi connectivity index (χ2n) is 4.34. The summed E-state index contributed by atoms with van der Waals surface area (Å²) in [6.45, 7) is 8.99. The molecule has 0 bridgehead atoms. The fourth-order valence-electron chi connectivity index (χ4n) is 0.809. The third-order valence-electron chi connectivity index (χ3n) is 2.25. The molecule has 1 N–H and O–H groups in total. The van der Waals surface area contributed by atoms with Crippen LogP contribution in [0.5, 0.6) is 0 Å². The molecule has 0 aliphatic carbocycles. The summed E-state index contributed by atoms with van der Waals surface area (Å²) in [4.78, 5) is 0. The van der Waals surface area contributed by atoms with Crippen LogP contribution in [-0.4, -0.2) is 19.8 Å². The Morgan fingerprint density at radius 3 is 2.31 bits per heavy atom. The van der Waals surface area contributed by atoms with E-state index >= 15 is 0 Å². The van der Waals surface area contributed by atoms with Crippen LogP contribution in [-0.2, 0) is 0 Å². The van der Waals surface area contributed by atoms with Crippen molar-refractivity contribution in [3.63, 3.8) is 0 Å². The van der Waals surface area contributed by atoms with Gasteiger partial charge in [-0.3, -0.25) is 0 Å². The second kappa shape index (κ2) is 5.06. The zero-order valence-corrected chi connectivity index (χ0v) is 9.89. The largest absolute Gasteiger partial charge is 0.303 e. The van der Waals surface area contributed by atoms with Crippen LogP contribution in [0.25, 0.3) is 0 Å². The molecule has 0 fully saturated rings. The molecule has 72 valence electrons. The van der Waals surface area contributed by atoms with Gasteiger partial charge in [-0.05, 0) is 5.67 Å². The number of nitriles is 1. The Morgan fingerprint density at radius 1 is 1.46 bits per heavy atom. The van der Waals surface area contributed by atoms with Crippen molar-refractivity contribution in [2.45, 2.75) is 44.7 Å². The van der Waals surface area contributed by atoms with Gasteiger partial charge in [-0.2, -0.15) is 5.26 Å². The third kappa shape index (κ3) is 4.72. The summed E-state index contributed by atoms with van der Waals surface area (Å²) in [5.74, 6) is 2.59. The van der Waals surface area contributed by atoms with E-state index in [1.807, 2.05) is 0 Å². The first kappa shape index (κ1) is 12.2. The van der Waals surface area contributed by atoms with Gasteiger partial charge in [0.25, 0.3) is 0 Å². The van der Waals surface area contributed by atoms with Gasteiger partial charge in [0, 0.05) is 0 Å². The SMILES string of the molecule is C#CC(CC#N)NC(C)[Si](C)(C)C. The normalized spacial score (nSPS) is 15.5. The van der Waals surface area contributed by atoms with E-state index in [1.54, 1.807) is 0 Å². The van der Waals surface area contributed by atoms with E-state index in [4.69, 9.17) is 11.7 Å². The molecule has 0 heterocycles. The molecule has 3 heteroatoms.